The topological polar surface area (TPSA) is 67.9 Å². The molecule has 3 aromatic carbocycles. The number of ketones is 1. The van der Waals surface area contributed by atoms with E-state index in [9.17, 15) is 14.0 Å². The average molecular weight is 515 g/mol. The van der Waals surface area contributed by atoms with E-state index in [0.717, 1.165) is 16.9 Å². The summed E-state index contributed by atoms with van der Waals surface area (Å²) in [6.07, 6.45) is 0.833. The van der Waals surface area contributed by atoms with Crippen molar-refractivity contribution >= 4 is 23.1 Å². The van der Waals surface area contributed by atoms with Crippen LogP contribution in [0.25, 0.3) is 0 Å². The van der Waals surface area contributed by atoms with E-state index in [4.69, 9.17) is 9.47 Å². The van der Waals surface area contributed by atoms with Crippen LogP contribution in [0.5, 0.6) is 11.5 Å². The Kier molecular flexibility index (Phi) is 6.93. The molecule has 2 aliphatic rings. The van der Waals surface area contributed by atoms with Crippen LogP contribution in [0.15, 0.2) is 78.0 Å². The number of hydrogen-bond donors (Lipinski definition) is 1. The van der Waals surface area contributed by atoms with Crippen LogP contribution in [0.4, 0.5) is 15.8 Å². The summed E-state index contributed by atoms with van der Waals surface area (Å²) in [7, 11) is 3.18. The molecular formula is C31H31FN2O4. The van der Waals surface area contributed by atoms with Crippen LogP contribution >= 0.6 is 0 Å². The van der Waals surface area contributed by atoms with Gasteiger partial charge in [-0.25, -0.2) is 4.39 Å². The molecule has 1 aliphatic carbocycles. The number of Topliss-reactive ketones (excluding diaryl/α,β-unsaturated/α-hetero) is 1. The molecule has 0 aromatic heterocycles. The van der Waals surface area contributed by atoms with Gasteiger partial charge in [-0.15, -0.1) is 0 Å². The molecule has 1 heterocycles. The van der Waals surface area contributed by atoms with Gasteiger partial charge >= 0.3 is 0 Å². The second kappa shape index (κ2) is 10.3. The maximum atomic E-state index is 14.0. The van der Waals surface area contributed by atoms with Gasteiger partial charge in [-0.2, -0.15) is 0 Å². The zero-order valence-corrected chi connectivity index (χ0v) is 22.0. The quantitative estimate of drug-likeness (QED) is 0.427. The van der Waals surface area contributed by atoms with Crippen LogP contribution in [-0.4, -0.2) is 25.9 Å². The molecule has 196 valence electrons. The highest BCUT2D eigenvalue weighted by Gasteiger charge is 2.42. The molecule has 0 fully saturated rings. The van der Waals surface area contributed by atoms with Crippen LogP contribution in [0.3, 0.4) is 0 Å². The number of ether oxygens (including phenoxy) is 2. The molecule has 1 amide bonds. The van der Waals surface area contributed by atoms with Gasteiger partial charge in [-0.3, -0.25) is 14.5 Å². The third-order valence-corrected chi connectivity index (χ3v) is 7.28. The summed E-state index contributed by atoms with van der Waals surface area (Å²) in [6.45, 7) is 3.69. The monoisotopic (exact) mass is 514 g/mol. The Balaban J connectivity index is 1.68. The lowest BCUT2D eigenvalue weighted by Crippen LogP contribution is -2.40. The highest BCUT2D eigenvalue weighted by atomic mass is 19.1. The number of hydrogen-bond acceptors (Lipinski definition) is 5. The minimum Gasteiger partial charge on any atom is -0.493 e. The fraction of sp³-hybridized carbons (Fsp3) is 0.290. The number of carbonyl (C=O) groups excluding carboxylic acids is 2. The van der Waals surface area contributed by atoms with E-state index in [1.54, 1.807) is 31.3 Å². The minimum absolute atomic E-state index is 0.0535. The van der Waals surface area contributed by atoms with E-state index in [1.807, 2.05) is 56.3 Å². The number of amides is 1. The predicted molar refractivity (Wildman–Crippen MR) is 145 cm³/mol. The Morgan fingerprint density at radius 1 is 0.947 bits per heavy atom. The molecule has 2 atom stereocenters. The minimum atomic E-state index is -0.685. The molecule has 0 unspecified atom stereocenters. The maximum Gasteiger partial charge on any atom is 0.230 e. The first-order valence-electron chi connectivity index (χ1n) is 12.7. The van der Waals surface area contributed by atoms with Crippen LogP contribution < -0.4 is 19.7 Å². The van der Waals surface area contributed by atoms with Crippen molar-refractivity contribution in [3.8, 4) is 11.5 Å². The Morgan fingerprint density at radius 3 is 2.32 bits per heavy atom. The second-order valence-electron chi connectivity index (χ2n) is 9.99. The van der Waals surface area contributed by atoms with Gasteiger partial charge in [0.15, 0.2) is 17.3 Å². The summed E-state index contributed by atoms with van der Waals surface area (Å²) in [5.74, 6) is 0.279. The van der Waals surface area contributed by atoms with Crippen LogP contribution in [0.1, 0.15) is 49.8 Å². The first-order chi connectivity index (χ1) is 18.3. The van der Waals surface area contributed by atoms with Crippen LogP contribution in [-0.2, 0) is 9.59 Å². The molecule has 1 N–H and O–H groups in total. The highest BCUT2D eigenvalue weighted by molar-refractivity contribution is 6.06. The normalized spacial score (nSPS) is 18.9. The molecule has 0 radical (unpaired) electrons. The van der Waals surface area contributed by atoms with Gasteiger partial charge in [0, 0.05) is 23.6 Å². The second-order valence-corrected chi connectivity index (χ2v) is 9.99. The van der Waals surface area contributed by atoms with E-state index in [-0.39, 0.29) is 35.8 Å². The Bertz CT molecular complexity index is 1410. The number of para-hydroxylation sites is 2. The summed E-state index contributed by atoms with van der Waals surface area (Å²) >= 11 is 0. The lowest BCUT2D eigenvalue weighted by Gasteiger charge is -2.36. The van der Waals surface area contributed by atoms with Gasteiger partial charge in [-0.05, 0) is 59.9 Å². The number of fused-ring (bicyclic) bond motifs is 1. The number of methoxy groups -OCH3 is 2. The van der Waals surface area contributed by atoms with Crippen molar-refractivity contribution in [2.45, 2.75) is 38.6 Å². The predicted octanol–water partition coefficient (Wildman–Crippen LogP) is 6.40. The Morgan fingerprint density at radius 2 is 1.63 bits per heavy atom. The standard InChI is InChI=1S/C31H31FN2O4/c1-18(2)31(36)34-25-8-6-5-7-23(25)33-24-15-21(20-11-14-27(37-3)28(17-20)38-4)16-26(35)29(24)30(34)19-9-12-22(32)13-10-19/h5-14,17-18,21,30,33H,15-16H2,1-4H3/t21-,30+/m0/s1. The van der Waals surface area contributed by atoms with Gasteiger partial charge in [-0.1, -0.05) is 44.2 Å². The lowest BCUT2D eigenvalue weighted by atomic mass is 9.78. The van der Waals surface area contributed by atoms with Crippen molar-refractivity contribution in [3.63, 3.8) is 0 Å². The number of rotatable bonds is 5. The number of nitrogens with one attached hydrogen (secondary N) is 1. The lowest BCUT2D eigenvalue weighted by molar-refractivity contribution is -0.121. The van der Waals surface area contributed by atoms with Gasteiger partial charge in [0.25, 0.3) is 0 Å². The largest absolute Gasteiger partial charge is 0.493 e. The highest BCUT2D eigenvalue weighted by Crippen LogP contribution is 2.48. The zero-order chi connectivity index (χ0) is 27.0. The van der Waals surface area contributed by atoms with Gasteiger partial charge in [0.2, 0.25) is 5.91 Å². The fourth-order valence-electron chi connectivity index (χ4n) is 5.41. The van der Waals surface area contributed by atoms with E-state index < -0.39 is 6.04 Å². The first kappa shape index (κ1) is 25.5. The molecule has 1 aliphatic heterocycles. The molecule has 7 heteroatoms. The number of nitrogens with zero attached hydrogens (tertiary/aromatic N) is 1. The maximum absolute atomic E-state index is 14.0. The smallest absolute Gasteiger partial charge is 0.230 e. The van der Waals surface area contributed by atoms with Crippen molar-refractivity contribution < 1.29 is 23.5 Å². The SMILES string of the molecule is COc1ccc([C@@H]2CC(=O)C3=C(C2)Nc2ccccc2N(C(=O)C(C)C)[C@@H]3c2ccc(F)cc2)cc1OC. The molecule has 0 saturated heterocycles. The zero-order valence-electron chi connectivity index (χ0n) is 22.0. The molecule has 5 rings (SSSR count). The Hall–Kier alpha value is -4.13. The first-order valence-corrected chi connectivity index (χ1v) is 12.7. The van der Waals surface area contributed by atoms with E-state index in [1.165, 1.54) is 12.1 Å². The molecule has 3 aromatic rings. The molecule has 6 nitrogen and oxygen atoms in total. The molecule has 0 bridgehead atoms. The summed E-state index contributed by atoms with van der Waals surface area (Å²) < 4.78 is 24.8. The van der Waals surface area contributed by atoms with Crippen LogP contribution in [0.2, 0.25) is 0 Å². The van der Waals surface area contributed by atoms with Gasteiger partial charge in [0.05, 0.1) is 31.6 Å². The van der Waals surface area contributed by atoms with Crippen LogP contribution in [0, 0.1) is 11.7 Å². The van der Waals surface area contributed by atoms with Crippen molar-refractivity contribution in [1.82, 2.24) is 0 Å². The van der Waals surface area contributed by atoms with E-state index in [2.05, 4.69) is 5.32 Å². The third kappa shape index (κ3) is 4.53. The number of anilines is 2. The van der Waals surface area contributed by atoms with Gasteiger partial charge < -0.3 is 14.8 Å². The molecule has 0 spiro atoms. The van der Waals surface area contributed by atoms with E-state index >= 15 is 0 Å². The average Bonchev–Trinajstić information content (AvgIpc) is 3.07. The van der Waals surface area contributed by atoms with Crippen molar-refractivity contribution in [3.05, 3.63) is 94.9 Å². The third-order valence-electron chi connectivity index (χ3n) is 7.28. The number of halogens is 1. The number of carbonyl (C=O) groups is 2. The van der Waals surface area contributed by atoms with E-state index in [0.29, 0.717) is 34.7 Å². The molecule has 0 saturated carbocycles. The molecule has 38 heavy (non-hydrogen) atoms. The Labute approximate surface area is 222 Å². The van der Waals surface area contributed by atoms with Gasteiger partial charge in [0.1, 0.15) is 5.82 Å². The summed E-state index contributed by atoms with van der Waals surface area (Å²) in [5.41, 5.74) is 4.39. The number of allylic oxidation sites excluding steroid dienone is 1. The van der Waals surface area contributed by atoms with Crippen molar-refractivity contribution in [2.75, 3.05) is 24.4 Å². The van der Waals surface area contributed by atoms with Crippen molar-refractivity contribution in [1.29, 1.82) is 0 Å². The molecular weight excluding hydrogens is 483 g/mol. The summed E-state index contributed by atoms with van der Waals surface area (Å²) in [4.78, 5) is 29.4. The number of benzene rings is 3. The fourth-order valence-corrected chi connectivity index (χ4v) is 5.41. The summed E-state index contributed by atoms with van der Waals surface area (Å²) in [6, 6.07) is 18.7. The summed E-state index contributed by atoms with van der Waals surface area (Å²) in [5, 5.41) is 3.51. The van der Waals surface area contributed by atoms with Crippen molar-refractivity contribution in [2.24, 2.45) is 5.92 Å².